The van der Waals surface area contributed by atoms with Crippen LogP contribution in [0.5, 0.6) is 11.5 Å². The molecule has 0 saturated heterocycles. The number of amides is 1. The Balaban J connectivity index is 1.32. The lowest BCUT2D eigenvalue weighted by Gasteiger charge is -2.23. The van der Waals surface area contributed by atoms with Gasteiger partial charge in [0.2, 0.25) is 12.0 Å². The molecule has 3 aromatic rings. The van der Waals surface area contributed by atoms with Crippen LogP contribution < -0.4 is 9.47 Å². The molecule has 10 heteroatoms. The highest BCUT2D eigenvalue weighted by Gasteiger charge is 2.27. The molecular weight excluding hydrogens is 434 g/mol. The van der Waals surface area contributed by atoms with Crippen molar-refractivity contribution in [1.82, 2.24) is 15.1 Å². The third-order valence-electron chi connectivity index (χ3n) is 4.24. The molecule has 1 atom stereocenters. The second-order valence-corrected chi connectivity index (χ2v) is 8.90. The van der Waals surface area contributed by atoms with E-state index in [0.717, 1.165) is 4.88 Å². The van der Waals surface area contributed by atoms with Gasteiger partial charge in [-0.2, -0.15) is 0 Å². The predicted molar refractivity (Wildman–Crippen MR) is 111 cm³/mol. The van der Waals surface area contributed by atoms with E-state index in [-0.39, 0.29) is 18.3 Å². The summed E-state index contributed by atoms with van der Waals surface area (Å²) in [5.74, 6) is 1.86. The van der Waals surface area contributed by atoms with Crippen molar-refractivity contribution in [2.45, 2.75) is 24.8 Å². The maximum atomic E-state index is 12.5. The van der Waals surface area contributed by atoms with Gasteiger partial charge >= 0.3 is 0 Å². The molecule has 0 fully saturated rings. The summed E-state index contributed by atoms with van der Waals surface area (Å²) in [7, 11) is 0. The maximum Gasteiger partial charge on any atom is 0.277 e. The topological polar surface area (TPSA) is 77.7 Å². The molecule has 0 radical (unpaired) electrons. The zero-order valence-corrected chi connectivity index (χ0v) is 17.9. The highest BCUT2D eigenvalue weighted by Crippen LogP contribution is 2.36. The smallest absolute Gasteiger partial charge is 0.277 e. The fourth-order valence-electron chi connectivity index (χ4n) is 2.77. The van der Waals surface area contributed by atoms with Gasteiger partial charge in [-0.3, -0.25) is 4.79 Å². The van der Waals surface area contributed by atoms with E-state index in [9.17, 15) is 4.79 Å². The number of aromatic nitrogens is 2. The van der Waals surface area contributed by atoms with Gasteiger partial charge in [0.25, 0.3) is 11.1 Å². The molecule has 0 N–H and O–H groups in total. The van der Waals surface area contributed by atoms with Crippen molar-refractivity contribution in [2.75, 3.05) is 18.9 Å². The fourth-order valence-corrected chi connectivity index (χ4v) is 4.54. The predicted octanol–water partition coefficient (Wildman–Crippen LogP) is 4.44. The molecule has 152 valence electrons. The number of hydrogen-bond acceptors (Lipinski definition) is 8. The fraction of sp³-hybridized carbons (Fsp3) is 0.316. The summed E-state index contributed by atoms with van der Waals surface area (Å²) in [5, 5.41) is 8.39. The number of thioether (sulfide) groups is 1. The highest BCUT2D eigenvalue weighted by molar-refractivity contribution is 7.99. The number of thiophene rings is 1. The van der Waals surface area contributed by atoms with Crippen LogP contribution >= 0.6 is 34.7 Å². The monoisotopic (exact) mass is 451 g/mol. The van der Waals surface area contributed by atoms with Crippen LogP contribution in [0.25, 0.3) is 0 Å². The minimum atomic E-state index is -0.474. The van der Waals surface area contributed by atoms with E-state index >= 15 is 0 Å². The Hall–Kier alpha value is -2.23. The number of hydrogen-bond donors (Lipinski definition) is 0. The lowest BCUT2D eigenvalue weighted by molar-refractivity contribution is -0.128. The zero-order valence-electron chi connectivity index (χ0n) is 15.5. The van der Waals surface area contributed by atoms with Gasteiger partial charge in [0, 0.05) is 11.4 Å². The lowest BCUT2D eigenvalue weighted by Crippen LogP contribution is -2.31. The Morgan fingerprint density at radius 1 is 1.28 bits per heavy atom. The quantitative estimate of drug-likeness (QED) is 0.491. The number of fused-ring (bicyclic) bond motifs is 1. The summed E-state index contributed by atoms with van der Waals surface area (Å²) in [6.07, 6.45) is -0.474. The Bertz CT molecular complexity index is 993. The number of halogens is 1. The molecule has 1 amide bonds. The molecule has 7 nitrogen and oxygen atoms in total. The summed E-state index contributed by atoms with van der Waals surface area (Å²) >= 11 is 8.65. The van der Waals surface area contributed by atoms with Crippen LogP contribution in [0.4, 0.5) is 0 Å². The first kappa shape index (κ1) is 20.1. The molecule has 0 unspecified atom stereocenters. The van der Waals surface area contributed by atoms with Crippen LogP contribution in [-0.4, -0.2) is 39.9 Å². The summed E-state index contributed by atoms with van der Waals surface area (Å²) < 4.78 is 17.9. The number of para-hydroxylation sites is 2. The first-order valence-electron chi connectivity index (χ1n) is 8.99. The van der Waals surface area contributed by atoms with E-state index in [1.54, 1.807) is 4.90 Å². The molecule has 1 aliphatic heterocycles. The minimum Gasteiger partial charge on any atom is -0.485 e. The Labute approximate surface area is 181 Å². The molecule has 0 saturated carbocycles. The van der Waals surface area contributed by atoms with Crippen molar-refractivity contribution in [3.8, 4) is 11.5 Å². The van der Waals surface area contributed by atoms with E-state index < -0.39 is 6.10 Å². The third kappa shape index (κ3) is 4.85. The molecule has 1 aromatic carbocycles. The van der Waals surface area contributed by atoms with Crippen LogP contribution in [-0.2, 0) is 11.3 Å². The van der Waals surface area contributed by atoms with Gasteiger partial charge in [-0.25, -0.2) is 0 Å². The third-order valence-corrected chi connectivity index (χ3v) is 6.25. The second-order valence-electron chi connectivity index (χ2n) is 6.17. The first-order chi connectivity index (χ1) is 14.1. The minimum absolute atomic E-state index is 0.00653. The Kier molecular flexibility index (Phi) is 6.27. The van der Waals surface area contributed by atoms with E-state index in [1.807, 2.05) is 43.3 Å². The molecule has 29 heavy (non-hydrogen) atoms. The lowest BCUT2D eigenvalue weighted by atomic mass is 10.2. The van der Waals surface area contributed by atoms with Gasteiger partial charge in [0.05, 0.1) is 16.6 Å². The van der Waals surface area contributed by atoms with Crippen LogP contribution in [0.3, 0.4) is 0 Å². The van der Waals surface area contributed by atoms with Crippen molar-refractivity contribution in [1.29, 1.82) is 0 Å². The SMILES string of the molecule is CCN(Cc1ccc(Cl)s1)C(=O)CSc1nnc([C@@H]2COc3ccccc3O2)o1. The molecule has 1 aliphatic rings. The van der Waals surface area contributed by atoms with Crippen molar-refractivity contribution in [3.05, 3.63) is 51.5 Å². The van der Waals surface area contributed by atoms with Crippen molar-refractivity contribution in [3.63, 3.8) is 0 Å². The molecule has 0 spiro atoms. The van der Waals surface area contributed by atoms with Crippen molar-refractivity contribution >= 4 is 40.6 Å². The van der Waals surface area contributed by atoms with Gasteiger partial charge in [-0.05, 0) is 31.2 Å². The van der Waals surface area contributed by atoms with Crippen molar-refractivity contribution < 1.29 is 18.7 Å². The van der Waals surface area contributed by atoms with Crippen LogP contribution in [0.1, 0.15) is 23.8 Å². The molecule has 4 rings (SSSR count). The van der Waals surface area contributed by atoms with Gasteiger partial charge in [0.1, 0.15) is 6.61 Å². The number of ether oxygens (including phenoxy) is 2. The average Bonchev–Trinajstić information content (AvgIpc) is 3.38. The number of nitrogens with zero attached hydrogens (tertiary/aromatic N) is 3. The van der Waals surface area contributed by atoms with Crippen LogP contribution in [0.15, 0.2) is 46.0 Å². The molecule has 2 aromatic heterocycles. The number of rotatable bonds is 7. The summed E-state index contributed by atoms with van der Waals surface area (Å²) in [5.41, 5.74) is 0. The van der Waals surface area contributed by atoms with Gasteiger partial charge in [0.15, 0.2) is 11.5 Å². The molecule has 0 bridgehead atoms. The largest absolute Gasteiger partial charge is 0.485 e. The van der Waals surface area contributed by atoms with Crippen molar-refractivity contribution in [2.24, 2.45) is 0 Å². The van der Waals surface area contributed by atoms with Gasteiger partial charge in [-0.1, -0.05) is 35.5 Å². The highest BCUT2D eigenvalue weighted by atomic mass is 35.5. The van der Waals surface area contributed by atoms with Gasteiger partial charge in [-0.15, -0.1) is 21.5 Å². The van der Waals surface area contributed by atoms with E-state index in [0.29, 0.717) is 40.0 Å². The average molecular weight is 452 g/mol. The normalized spacial score (nSPS) is 15.3. The molecular formula is C19H18ClN3O4S2. The molecule has 0 aliphatic carbocycles. The number of carbonyl (C=O) groups excluding carboxylic acids is 1. The van der Waals surface area contributed by atoms with Crippen LogP contribution in [0.2, 0.25) is 4.34 Å². The second kappa shape index (κ2) is 9.06. The first-order valence-corrected chi connectivity index (χ1v) is 11.2. The van der Waals surface area contributed by atoms with E-state index in [4.69, 9.17) is 25.5 Å². The van der Waals surface area contributed by atoms with Crippen LogP contribution in [0, 0.1) is 0 Å². The standard InChI is InChI=1S/C19H18ClN3O4S2/c1-2-23(9-12-7-8-16(20)29-12)17(24)11-28-19-22-21-18(27-19)15-10-25-13-5-3-4-6-14(13)26-15/h3-8,15H,2,9-11H2,1H3/t15-/m0/s1. The Morgan fingerprint density at radius 3 is 2.86 bits per heavy atom. The number of benzene rings is 1. The van der Waals surface area contributed by atoms with Gasteiger partial charge < -0.3 is 18.8 Å². The molecule has 3 heterocycles. The van der Waals surface area contributed by atoms with E-state index in [2.05, 4.69) is 10.2 Å². The number of carbonyl (C=O) groups is 1. The summed E-state index contributed by atoms with van der Waals surface area (Å²) in [6.45, 7) is 3.38. The zero-order chi connectivity index (χ0) is 20.2. The Morgan fingerprint density at radius 2 is 2.10 bits per heavy atom. The summed E-state index contributed by atoms with van der Waals surface area (Å²) in [4.78, 5) is 15.4. The maximum absolute atomic E-state index is 12.5. The van der Waals surface area contributed by atoms with E-state index in [1.165, 1.54) is 23.1 Å². The summed E-state index contributed by atoms with van der Waals surface area (Å²) in [6, 6.07) is 11.2.